The molecule has 3 rings (SSSR count). The van der Waals surface area contributed by atoms with Gasteiger partial charge >= 0.3 is 6.03 Å². The van der Waals surface area contributed by atoms with E-state index < -0.39 is 0 Å². The molecule has 2 heterocycles. The van der Waals surface area contributed by atoms with Gasteiger partial charge in [0.05, 0.1) is 25.5 Å². The van der Waals surface area contributed by atoms with Crippen molar-refractivity contribution >= 4 is 29.3 Å². The summed E-state index contributed by atoms with van der Waals surface area (Å²) in [5.74, 6) is 0.677. The molecule has 1 saturated heterocycles. The van der Waals surface area contributed by atoms with Gasteiger partial charge in [0.1, 0.15) is 0 Å². The monoisotopic (exact) mass is 375 g/mol. The molecule has 0 unspecified atom stereocenters. The third-order valence-corrected chi connectivity index (χ3v) is 4.46. The van der Waals surface area contributed by atoms with E-state index in [1.165, 1.54) is 0 Å². The maximum absolute atomic E-state index is 12.1. The number of benzene rings is 1. The van der Waals surface area contributed by atoms with E-state index in [2.05, 4.69) is 25.5 Å². The number of carbonyl (C=O) groups excluding carboxylic acids is 1. The van der Waals surface area contributed by atoms with E-state index in [-0.39, 0.29) is 6.03 Å². The predicted molar refractivity (Wildman–Crippen MR) is 102 cm³/mol. The van der Waals surface area contributed by atoms with Gasteiger partial charge in [0.2, 0.25) is 5.95 Å². The molecule has 0 aliphatic carbocycles. The highest BCUT2D eigenvalue weighted by Gasteiger charge is 2.15. The molecule has 7 nitrogen and oxygen atoms in total. The molecule has 1 aliphatic rings. The highest BCUT2D eigenvalue weighted by atomic mass is 35.5. The minimum atomic E-state index is -0.311. The Morgan fingerprint density at radius 2 is 2.00 bits per heavy atom. The fraction of sp³-hybridized carbons (Fsp3) is 0.389. The molecular weight excluding hydrogens is 354 g/mol. The average molecular weight is 376 g/mol. The van der Waals surface area contributed by atoms with E-state index in [4.69, 9.17) is 16.3 Å². The van der Waals surface area contributed by atoms with Crippen molar-refractivity contribution in [3.05, 3.63) is 46.2 Å². The third kappa shape index (κ3) is 4.83. The van der Waals surface area contributed by atoms with Crippen LogP contribution >= 0.6 is 11.6 Å². The van der Waals surface area contributed by atoms with Crippen LogP contribution in [0.1, 0.15) is 17.0 Å². The number of carbonyl (C=O) groups is 1. The molecule has 26 heavy (non-hydrogen) atoms. The van der Waals surface area contributed by atoms with Gasteiger partial charge in [-0.3, -0.25) is 0 Å². The van der Waals surface area contributed by atoms with Gasteiger partial charge in [-0.2, -0.15) is 0 Å². The van der Waals surface area contributed by atoms with Crippen LogP contribution in [0.3, 0.4) is 0 Å². The summed E-state index contributed by atoms with van der Waals surface area (Å²) in [5, 5.41) is 6.20. The van der Waals surface area contributed by atoms with Crippen molar-refractivity contribution in [2.45, 2.75) is 20.4 Å². The Morgan fingerprint density at radius 1 is 1.23 bits per heavy atom. The number of amides is 2. The molecule has 0 radical (unpaired) electrons. The summed E-state index contributed by atoms with van der Waals surface area (Å²) >= 11 is 6.08. The van der Waals surface area contributed by atoms with Crippen molar-refractivity contribution < 1.29 is 9.53 Å². The van der Waals surface area contributed by atoms with Crippen molar-refractivity contribution in [2.75, 3.05) is 36.5 Å². The highest BCUT2D eigenvalue weighted by molar-refractivity contribution is 6.31. The summed E-state index contributed by atoms with van der Waals surface area (Å²) in [5.41, 5.74) is 3.23. The summed E-state index contributed by atoms with van der Waals surface area (Å²) in [6.07, 6.45) is 0. The van der Waals surface area contributed by atoms with E-state index in [1.54, 1.807) is 6.07 Å². The molecule has 2 aromatic rings. The summed E-state index contributed by atoms with van der Waals surface area (Å²) in [4.78, 5) is 23.3. The highest BCUT2D eigenvalue weighted by Crippen LogP contribution is 2.19. The van der Waals surface area contributed by atoms with Crippen molar-refractivity contribution in [3.63, 3.8) is 0 Å². The lowest BCUT2D eigenvalue weighted by atomic mass is 10.2. The zero-order valence-corrected chi connectivity index (χ0v) is 15.6. The average Bonchev–Trinajstić information content (AvgIpc) is 2.63. The lowest BCUT2D eigenvalue weighted by Crippen LogP contribution is -2.37. The lowest BCUT2D eigenvalue weighted by molar-refractivity contribution is 0.122. The first kappa shape index (κ1) is 18.4. The van der Waals surface area contributed by atoms with E-state index >= 15 is 0 Å². The Labute approximate surface area is 157 Å². The smallest absolute Gasteiger partial charge is 0.319 e. The molecule has 1 fully saturated rings. The van der Waals surface area contributed by atoms with Crippen LogP contribution in [0.15, 0.2) is 24.3 Å². The second-order valence-corrected chi connectivity index (χ2v) is 6.58. The number of morpholine rings is 1. The first-order valence-corrected chi connectivity index (χ1v) is 8.87. The van der Waals surface area contributed by atoms with Crippen molar-refractivity contribution in [1.29, 1.82) is 0 Å². The van der Waals surface area contributed by atoms with Crippen LogP contribution in [-0.2, 0) is 11.3 Å². The summed E-state index contributed by atoms with van der Waals surface area (Å²) in [6, 6.07) is 6.95. The largest absolute Gasteiger partial charge is 0.378 e. The first-order valence-electron chi connectivity index (χ1n) is 8.49. The second-order valence-electron chi connectivity index (χ2n) is 6.17. The number of anilines is 2. The van der Waals surface area contributed by atoms with Crippen molar-refractivity contribution in [3.8, 4) is 0 Å². The molecule has 138 valence electrons. The molecule has 1 aromatic carbocycles. The van der Waals surface area contributed by atoms with Gasteiger partial charge in [-0.15, -0.1) is 0 Å². The van der Waals surface area contributed by atoms with Crippen LogP contribution in [0.4, 0.5) is 16.4 Å². The van der Waals surface area contributed by atoms with Crippen LogP contribution < -0.4 is 15.5 Å². The fourth-order valence-electron chi connectivity index (χ4n) is 2.63. The zero-order valence-electron chi connectivity index (χ0n) is 14.9. The van der Waals surface area contributed by atoms with Crippen LogP contribution in [0.2, 0.25) is 5.02 Å². The topological polar surface area (TPSA) is 79.4 Å². The Balaban J connectivity index is 1.60. The lowest BCUT2D eigenvalue weighted by Gasteiger charge is -2.27. The maximum atomic E-state index is 12.1. The summed E-state index contributed by atoms with van der Waals surface area (Å²) in [6.45, 7) is 7.03. The molecule has 2 N–H and O–H groups in total. The normalized spacial score (nSPS) is 14.2. The molecule has 0 saturated carbocycles. The number of urea groups is 1. The van der Waals surface area contributed by atoms with Crippen LogP contribution in [0.5, 0.6) is 0 Å². The van der Waals surface area contributed by atoms with Gasteiger partial charge in [0.15, 0.2) is 0 Å². The number of hydrogen-bond acceptors (Lipinski definition) is 5. The maximum Gasteiger partial charge on any atom is 0.319 e. The van der Waals surface area contributed by atoms with Gasteiger partial charge < -0.3 is 20.3 Å². The Bertz CT molecular complexity index is 793. The molecule has 0 spiro atoms. The van der Waals surface area contributed by atoms with Crippen LogP contribution in [0, 0.1) is 13.8 Å². The third-order valence-electron chi connectivity index (χ3n) is 4.05. The quantitative estimate of drug-likeness (QED) is 0.858. The minimum Gasteiger partial charge on any atom is -0.378 e. The van der Waals surface area contributed by atoms with Gasteiger partial charge in [0.25, 0.3) is 0 Å². The number of ether oxygens (including phenoxy) is 1. The van der Waals surface area contributed by atoms with Gasteiger partial charge in [-0.1, -0.05) is 17.7 Å². The number of nitrogens with zero attached hydrogens (tertiary/aromatic N) is 3. The number of halogens is 1. The minimum absolute atomic E-state index is 0.311. The predicted octanol–water partition coefficient (Wildman–Crippen LogP) is 2.91. The summed E-state index contributed by atoms with van der Waals surface area (Å²) in [7, 11) is 0. The van der Waals surface area contributed by atoms with Crippen molar-refractivity contribution in [1.82, 2.24) is 15.3 Å². The Morgan fingerprint density at radius 3 is 2.73 bits per heavy atom. The number of aryl methyl sites for hydroxylation is 2. The van der Waals surface area contributed by atoms with E-state index in [0.29, 0.717) is 36.4 Å². The van der Waals surface area contributed by atoms with Crippen LogP contribution in [-0.4, -0.2) is 42.3 Å². The summed E-state index contributed by atoms with van der Waals surface area (Å²) < 4.78 is 5.36. The van der Waals surface area contributed by atoms with Crippen LogP contribution in [0.25, 0.3) is 0 Å². The SMILES string of the molecule is Cc1cc(CNC(=O)Nc2ccc(C)c(Cl)c2)nc(N2CCOCC2)n1. The standard InChI is InChI=1S/C18H22ClN5O2/c1-12-3-4-14(10-16(12)19)23-18(25)20-11-15-9-13(2)21-17(22-15)24-5-7-26-8-6-24/h3-4,9-10H,5-8,11H2,1-2H3,(H2,20,23,25). The van der Waals surface area contributed by atoms with Crippen molar-refractivity contribution in [2.24, 2.45) is 0 Å². The van der Waals surface area contributed by atoms with Gasteiger partial charge in [0, 0.05) is 29.5 Å². The molecule has 8 heteroatoms. The number of hydrogen-bond donors (Lipinski definition) is 2. The molecule has 1 aromatic heterocycles. The molecular formula is C18H22ClN5O2. The van der Waals surface area contributed by atoms with Gasteiger partial charge in [-0.05, 0) is 37.6 Å². The second kappa shape index (κ2) is 8.33. The van der Waals surface area contributed by atoms with Gasteiger partial charge in [-0.25, -0.2) is 14.8 Å². The Hall–Kier alpha value is -2.38. The Kier molecular flexibility index (Phi) is 5.90. The number of nitrogens with one attached hydrogen (secondary N) is 2. The first-order chi connectivity index (χ1) is 12.5. The zero-order chi connectivity index (χ0) is 18.5. The number of rotatable bonds is 4. The number of aromatic nitrogens is 2. The fourth-order valence-corrected chi connectivity index (χ4v) is 2.81. The van der Waals surface area contributed by atoms with E-state index in [9.17, 15) is 4.79 Å². The molecule has 0 atom stereocenters. The van der Waals surface area contributed by atoms with E-state index in [0.717, 1.165) is 30.0 Å². The molecule has 0 bridgehead atoms. The molecule has 1 aliphatic heterocycles. The molecule has 2 amide bonds. The van der Waals surface area contributed by atoms with E-state index in [1.807, 2.05) is 32.0 Å².